The summed E-state index contributed by atoms with van der Waals surface area (Å²) in [7, 11) is -3.65. The van der Waals surface area contributed by atoms with Gasteiger partial charge >= 0.3 is 0 Å². The van der Waals surface area contributed by atoms with Crippen molar-refractivity contribution >= 4 is 33.4 Å². The lowest BCUT2D eigenvalue weighted by atomic mass is 10.1. The number of amides is 1. The van der Waals surface area contributed by atoms with Crippen LogP contribution in [0, 0.1) is 0 Å². The largest absolute Gasteiger partial charge is 0.350 e. The lowest BCUT2D eigenvalue weighted by Gasteiger charge is -2.30. The number of thioether (sulfide) groups is 1. The Balaban J connectivity index is 2.02. The highest BCUT2D eigenvalue weighted by Gasteiger charge is 2.30. The zero-order valence-corrected chi connectivity index (χ0v) is 15.7. The van der Waals surface area contributed by atoms with Crippen molar-refractivity contribution in [2.24, 2.45) is 0 Å². The average Bonchev–Trinajstić information content (AvgIpc) is 2.61. The van der Waals surface area contributed by atoms with Gasteiger partial charge in [-0.2, -0.15) is 0 Å². The Bertz CT molecular complexity index is 880. The summed E-state index contributed by atoms with van der Waals surface area (Å²) in [5.41, 5.74) is 1.03. The van der Waals surface area contributed by atoms with E-state index in [0.717, 1.165) is 4.90 Å². The Morgan fingerprint density at radius 2 is 1.88 bits per heavy atom. The number of nitrogens with zero attached hydrogens (tertiary/aromatic N) is 1. The van der Waals surface area contributed by atoms with Crippen molar-refractivity contribution in [2.75, 3.05) is 16.6 Å². The van der Waals surface area contributed by atoms with E-state index < -0.39 is 10.0 Å². The Hall–Kier alpha value is -1.99. The first kappa shape index (κ1) is 17.8. The van der Waals surface area contributed by atoms with E-state index >= 15 is 0 Å². The van der Waals surface area contributed by atoms with Crippen LogP contribution >= 0.6 is 11.8 Å². The van der Waals surface area contributed by atoms with E-state index in [9.17, 15) is 13.2 Å². The highest BCUT2D eigenvalue weighted by atomic mass is 32.2. The van der Waals surface area contributed by atoms with E-state index in [-0.39, 0.29) is 16.8 Å². The summed E-state index contributed by atoms with van der Waals surface area (Å²) in [6, 6.07) is 13.6. The van der Waals surface area contributed by atoms with E-state index in [1.807, 2.05) is 19.9 Å². The first-order valence-electron chi connectivity index (χ1n) is 8.05. The van der Waals surface area contributed by atoms with Crippen molar-refractivity contribution in [1.29, 1.82) is 0 Å². The van der Waals surface area contributed by atoms with Gasteiger partial charge in [-0.25, -0.2) is 8.42 Å². The zero-order chi connectivity index (χ0) is 18.0. The predicted molar refractivity (Wildman–Crippen MR) is 101 cm³/mol. The number of benzene rings is 2. The number of rotatable bonds is 4. The second-order valence-corrected chi connectivity index (χ2v) is 9.05. The standard InChI is InChI=1S/C18H20N2O3S2/c1-13(2)19-18(21)14-8-9-17-16(12-14)20(10-11-24-17)25(22,23)15-6-4-3-5-7-15/h3-9,12-13H,10-11H2,1-2H3,(H,19,21). The van der Waals surface area contributed by atoms with Gasteiger partial charge in [-0.3, -0.25) is 9.10 Å². The second-order valence-electron chi connectivity index (χ2n) is 6.05. The molecule has 0 fully saturated rings. The van der Waals surface area contributed by atoms with Gasteiger partial charge in [0.25, 0.3) is 15.9 Å². The monoisotopic (exact) mass is 376 g/mol. The van der Waals surface area contributed by atoms with Gasteiger partial charge in [0, 0.05) is 28.8 Å². The van der Waals surface area contributed by atoms with Crippen LogP contribution in [0.3, 0.4) is 0 Å². The van der Waals surface area contributed by atoms with E-state index in [1.54, 1.807) is 54.2 Å². The van der Waals surface area contributed by atoms with Gasteiger partial charge in [0.1, 0.15) is 0 Å². The van der Waals surface area contributed by atoms with Gasteiger partial charge in [0.05, 0.1) is 10.6 Å². The maximum atomic E-state index is 13.0. The fraction of sp³-hybridized carbons (Fsp3) is 0.278. The maximum absolute atomic E-state index is 13.0. The molecule has 2 aromatic carbocycles. The third kappa shape index (κ3) is 3.67. The molecule has 7 heteroatoms. The highest BCUT2D eigenvalue weighted by Crippen LogP contribution is 2.38. The van der Waals surface area contributed by atoms with Crippen LogP contribution in [0.25, 0.3) is 0 Å². The minimum absolute atomic E-state index is 0.0158. The Morgan fingerprint density at radius 1 is 1.16 bits per heavy atom. The van der Waals surface area contributed by atoms with Crippen LogP contribution in [0.2, 0.25) is 0 Å². The van der Waals surface area contributed by atoms with Crippen molar-refractivity contribution < 1.29 is 13.2 Å². The van der Waals surface area contributed by atoms with Gasteiger partial charge in [-0.1, -0.05) is 18.2 Å². The van der Waals surface area contributed by atoms with Gasteiger partial charge in [-0.05, 0) is 44.2 Å². The minimum Gasteiger partial charge on any atom is -0.350 e. The molecule has 1 heterocycles. The normalized spacial score (nSPS) is 14.3. The molecular weight excluding hydrogens is 356 g/mol. The molecule has 5 nitrogen and oxygen atoms in total. The molecule has 0 aromatic heterocycles. The molecule has 2 aromatic rings. The maximum Gasteiger partial charge on any atom is 0.264 e. The molecule has 25 heavy (non-hydrogen) atoms. The summed E-state index contributed by atoms with van der Waals surface area (Å²) in [6.45, 7) is 4.15. The van der Waals surface area contributed by atoms with Crippen LogP contribution in [-0.4, -0.2) is 32.7 Å². The summed E-state index contributed by atoms with van der Waals surface area (Å²) < 4.78 is 27.5. The van der Waals surface area contributed by atoms with Crippen LogP contribution in [-0.2, 0) is 10.0 Å². The summed E-state index contributed by atoms with van der Waals surface area (Å²) in [6.07, 6.45) is 0. The molecule has 0 bridgehead atoms. The third-order valence-electron chi connectivity index (χ3n) is 3.79. The van der Waals surface area contributed by atoms with Gasteiger partial charge < -0.3 is 5.32 Å². The van der Waals surface area contributed by atoms with Crippen molar-refractivity contribution in [3.05, 3.63) is 54.1 Å². The first-order chi connectivity index (χ1) is 11.9. The predicted octanol–water partition coefficient (Wildman–Crippen LogP) is 3.13. The Labute approximate surface area is 152 Å². The molecule has 132 valence electrons. The molecule has 0 spiro atoms. The summed E-state index contributed by atoms with van der Waals surface area (Å²) in [4.78, 5) is 13.4. The van der Waals surface area contributed by atoms with E-state index in [4.69, 9.17) is 0 Å². The van der Waals surface area contributed by atoms with Crippen molar-refractivity contribution in [1.82, 2.24) is 5.32 Å². The average molecular weight is 377 g/mol. The SMILES string of the molecule is CC(C)NC(=O)c1ccc2c(c1)N(S(=O)(=O)c1ccccc1)CCS2. The van der Waals surface area contributed by atoms with E-state index in [0.29, 0.717) is 23.5 Å². The summed E-state index contributed by atoms with van der Waals surface area (Å²) >= 11 is 1.60. The fourth-order valence-electron chi connectivity index (χ4n) is 2.65. The smallest absolute Gasteiger partial charge is 0.264 e. The molecule has 0 radical (unpaired) electrons. The Kier molecular flexibility index (Phi) is 5.06. The number of anilines is 1. The van der Waals surface area contributed by atoms with Gasteiger partial charge in [-0.15, -0.1) is 11.8 Å². The molecule has 0 saturated heterocycles. The first-order valence-corrected chi connectivity index (χ1v) is 10.5. The van der Waals surface area contributed by atoms with Crippen LogP contribution < -0.4 is 9.62 Å². The number of carbonyl (C=O) groups is 1. The summed E-state index contributed by atoms with van der Waals surface area (Å²) in [5.74, 6) is 0.474. The zero-order valence-electron chi connectivity index (χ0n) is 14.1. The lowest BCUT2D eigenvalue weighted by molar-refractivity contribution is 0.0943. The number of hydrogen-bond acceptors (Lipinski definition) is 4. The van der Waals surface area contributed by atoms with Crippen LogP contribution in [0.5, 0.6) is 0 Å². The van der Waals surface area contributed by atoms with Crippen molar-refractivity contribution in [3.8, 4) is 0 Å². The van der Waals surface area contributed by atoms with Crippen molar-refractivity contribution in [2.45, 2.75) is 29.7 Å². The molecule has 1 aliphatic heterocycles. The Morgan fingerprint density at radius 3 is 2.56 bits per heavy atom. The van der Waals surface area contributed by atoms with Crippen LogP contribution in [0.4, 0.5) is 5.69 Å². The molecule has 0 atom stereocenters. The number of carbonyl (C=O) groups excluding carboxylic acids is 1. The number of fused-ring (bicyclic) bond motifs is 1. The number of hydrogen-bond donors (Lipinski definition) is 1. The number of sulfonamides is 1. The molecule has 1 N–H and O–H groups in total. The quantitative estimate of drug-likeness (QED) is 0.890. The number of nitrogens with one attached hydrogen (secondary N) is 1. The van der Waals surface area contributed by atoms with E-state index in [2.05, 4.69) is 5.32 Å². The minimum atomic E-state index is -3.65. The molecule has 0 saturated carbocycles. The third-order valence-corrected chi connectivity index (χ3v) is 6.66. The lowest BCUT2D eigenvalue weighted by Crippen LogP contribution is -2.36. The van der Waals surface area contributed by atoms with Gasteiger partial charge in [0.2, 0.25) is 0 Å². The second kappa shape index (κ2) is 7.09. The molecule has 0 aliphatic carbocycles. The van der Waals surface area contributed by atoms with Crippen LogP contribution in [0.15, 0.2) is 58.3 Å². The van der Waals surface area contributed by atoms with E-state index in [1.165, 1.54) is 4.31 Å². The molecule has 1 aliphatic rings. The topological polar surface area (TPSA) is 66.5 Å². The molecule has 1 amide bonds. The van der Waals surface area contributed by atoms with Gasteiger partial charge in [0.15, 0.2) is 0 Å². The molecular formula is C18H20N2O3S2. The molecule has 3 rings (SSSR count). The van der Waals surface area contributed by atoms with Crippen LogP contribution in [0.1, 0.15) is 24.2 Å². The summed E-state index contributed by atoms with van der Waals surface area (Å²) in [5, 5.41) is 2.84. The highest BCUT2D eigenvalue weighted by molar-refractivity contribution is 8.00. The molecule has 0 unspecified atom stereocenters. The fourth-order valence-corrected chi connectivity index (χ4v) is 5.30. The van der Waals surface area contributed by atoms with Crippen molar-refractivity contribution in [3.63, 3.8) is 0 Å².